The smallest absolute Gasteiger partial charge is 0.0815 e. The van der Waals surface area contributed by atoms with Crippen molar-refractivity contribution in [3.63, 3.8) is 0 Å². The lowest BCUT2D eigenvalue weighted by Gasteiger charge is -1.79. The minimum atomic E-state index is 0.313. The molecule has 0 aromatic carbocycles. The van der Waals surface area contributed by atoms with E-state index in [0.717, 1.165) is 0 Å². The standard InChI is InChI=1S/C6H7N/c1-2-4-6-7-5-3-1/h1-7H/i1D,6D. The van der Waals surface area contributed by atoms with E-state index >= 15 is 0 Å². The second-order valence-corrected chi connectivity index (χ2v) is 1.12. The van der Waals surface area contributed by atoms with Gasteiger partial charge in [-0.25, -0.2) is 0 Å². The van der Waals surface area contributed by atoms with Crippen LogP contribution in [0.3, 0.4) is 0 Å². The van der Waals surface area contributed by atoms with Crippen molar-refractivity contribution in [2.45, 2.75) is 0 Å². The maximum atomic E-state index is 7.11. The van der Waals surface area contributed by atoms with Gasteiger partial charge < -0.3 is 5.32 Å². The van der Waals surface area contributed by atoms with Crippen LogP contribution in [0.1, 0.15) is 2.74 Å². The zero-order chi connectivity index (χ0) is 6.69. The molecule has 7 heavy (non-hydrogen) atoms. The predicted octanol–water partition coefficient (Wildman–Crippen LogP) is 1.17. The highest BCUT2D eigenvalue weighted by Crippen LogP contribution is 1.81. The SMILES string of the molecule is [2H]C1=CC=C([2H])NC=C1. The first-order valence-corrected chi connectivity index (χ1v) is 2.07. The van der Waals surface area contributed by atoms with Crippen LogP contribution < -0.4 is 5.32 Å². The summed E-state index contributed by atoms with van der Waals surface area (Å²) in [5.74, 6) is 0. The molecule has 1 N–H and O–H groups in total. The zero-order valence-corrected chi connectivity index (χ0v) is 3.81. The van der Waals surface area contributed by atoms with E-state index < -0.39 is 0 Å². The molecule has 0 saturated carbocycles. The third-order valence-electron chi connectivity index (χ3n) is 0.609. The van der Waals surface area contributed by atoms with E-state index in [-0.39, 0.29) is 0 Å². The molecule has 0 aromatic heterocycles. The third-order valence-corrected chi connectivity index (χ3v) is 0.609. The first kappa shape index (κ1) is 2.36. The fraction of sp³-hybridized carbons (Fsp3) is 0. The van der Waals surface area contributed by atoms with Gasteiger partial charge in [0.1, 0.15) is 0 Å². The fourth-order valence-corrected chi connectivity index (χ4v) is 0.331. The van der Waals surface area contributed by atoms with E-state index in [1.807, 2.05) is 0 Å². The van der Waals surface area contributed by atoms with Crippen LogP contribution >= 0.6 is 0 Å². The van der Waals surface area contributed by atoms with Crippen molar-refractivity contribution >= 4 is 0 Å². The van der Waals surface area contributed by atoms with Gasteiger partial charge in [0.05, 0.1) is 2.74 Å². The first-order valence-electron chi connectivity index (χ1n) is 3.07. The molecule has 0 saturated heterocycles. The lowest BCUT2D eigenvalue weighted by atomic mass is 10.5. The quantitative estimate of drug-likeness (QED) is 0.476. The van der Waals surface area contributed by atoms with Gasteiger partial charge >= 0.3 is 0 Å². The Morgan fingerprint density at radius 2 is 2.29 bits per heavy atom. The second kappa shape index (κ2) is 2.24. The van der Waals surface area contributed by atoms with Crippen molar-refractivity contribution < 1.29 is 2.74 Å². The maximum Gasteiger partial charge on any atom is 0.0815 e. The third kappa shape index (κ3) is 1.26. The Morgan fingerprint density at radius 1 is 1.29 bits per heavy atom. The largest absolute Gasteiger partial charge is 0.368 e. The van der Waals surface area contributed by atoms with Gasteiger partial charge in [-0.1, -0.05) is 12.1 Å². The molecule has 1 rings (SSSR count). The van der Waals surface area contributed by atoms with Gasteiger partial charge in [0.2, 0.25) is 0 Å². The number of hydrogen-bond donors (Lipinski definition) is 1. The van der Waals surface area contributed by atoms with E-state index in [9.17, 15) is 0 Å². The Labute approximate surface area is 45.8 Å². The van der Waals surface area contributed by atoms with Crippen molar-refractivity contribution in [3.05, 3.63) is 36.7 Å². The summed E-state index contributed by atoms with van der Waals surface area (Å²) < 4.78 is 14.2. The van der Waals surface area contributed by atoms with Crippen molar-refractivity contribution in [2.24, 2.45) is 0 Å². The fourth-order valence-electron chi connectivity index (χ4n) is 0.331. The van der Waals surface area contributed by atoms with E-state index in [4.69, 9.17) is 2.74 Å². The minimum Gasteiger partial charge on any atom is -0.368 e. The topological polar surface area (TPSA) is 12.0 Å². The van der Waals surface area contributed by atoms with E-state index in [1.54, 1.807) is 24.4 Å². The van der Waals surface area contributed by atoms with Crippen molar-refractivity contribution in [1.29, 1.82) is 0 Å². The lowest BCUT2D eigenvalue weighted by molar-refractivity contribution is 1.20. The molecule has 0 fully saturated rings. The average molecular weight is 95.1 g/mol. The minimum absolute atomic E-state index is 0.313. The Kier molecular flexibility index (Phi) is 0.754. The molecule has 1 nitrogen and oxygen atoms in total. The molecule has 0 amide bonds. The van der Waals surface area contributed by atoms with Crippen LogP contribution in [0.5, 0.6) is 0 Å². The molecule has 0 bridgehead atoms. The van der Waals surface area contributed by atoms with Crippen LogP contribution in [0.4, 0.5) is 0 Å². The summed E-state index contributed by atoms with van der Waals surface area (Å²) in [6.45, 7) is 0. The monoisotopic (exact) mass is 95.1 g/mol. The molecule has 1 heterocycles. The normalized spacial score (nSPS) is 22.9. The predicted molar refractivity (Wildman–Crippen MR) is 30.6 cm³/mol. The van der Waals surface area contributed by atoms with Gasteiger partial charge in [0.15, 0.2) is 0 Å². The van der Waals surface area contributed by atoms with Crippen molar-refractivity contribution in [2.75, 3.05) is 0 Å². The summed E-state index contributed by atoms with van der Waals surface area (Å²) in [4.78, 5) is 0. The van der Waals surface area contributed by atoms with Gasteiger partial charge in [0, 0.05) is 12.4 Å². The highest BCUT2D eigenvalue weighted by molar-refractivity contribution is 5.14. The molecule has 1 aliphatic rings. The van der Waals surface area contributed by atoms with E-state index in [1.165, 1.54) is 0 Å². The van der Waals surface area contributed by atoms with Gasteiger partial charge in [-0.15, -0.1) is 0 Å². The van der Waals surface area contributed by atoms with Gasteiger partial charge in [-0.3, -0.25) is 0 Å². The van der Waals surface area contributed by atoms with Crippen LogP contribution in [-0.4, -0.2) is 0 Å². The Balaban J connectivity index is 2.80. The highest BCUT2D eigenvalue weighted by atomic mass is 14.8. The van der Waals surface area contributed by atoms with Crippen LogP contribution in [0.15, 0.2) is 36.7 Å². The molecule has 0 spiro atoms. The molecular weight excluding hydrogens is 86.1 g/mol. The summed E-state index contributed by atoms with van der Waals surface area (Å²) in [6, 6.07) is 0.407. The summed E-state index contributed by atoms with van der Waals surface area (Å²) in [6.07, 6.45) is 6.60. The summed E-state index contributed by atoms with van der Waals surface area (Å²) in [5, 5.41) is 2.65. The van der Waals surface area contributed by atoms with Crippen LogP contribution in [0.2, 0.25) is 0 Å². The lowest BCUT2D eigenvalue weighted by Crippen LogP contribution is -1.87. The Hall–Kier alpha value is -0.980. The van der Waals surface area contributed by atoms with Crippen LogP contribution in [0, 0.1) is 0 Å². The average Bonchev–Trinajstić information content (AvgIpc) is 1.97. The molecule has 0 atom stereocenters. The molecule has 0 radical (unpaired) electrons. The van der Waals surface area contributed by atoms with Gasteiger partial charge in [0.25, 0.3) is 0 Å². The molecule has 0 aliphatic carbocycles. The maximum absolute atomic E-state index is 7.11. The van der Waals surface area contributed by atoms with Gasteiger partial charge in [-0.2, -0.15) is 0 Å². The molecule has 36 valence electrons. The first-order chi connectivity index (χ1) is 4.29. The Bertz CT molecular complexity index is 191. The number of nitrogens with one attached hydrogen (secondary N) is 1. The van der Waals surface area contributed by atoms with Crippen LogP contribution in [0.25, 0.3) is 0 Å². The number of hydrogen-bond acceptors (Lipinski definition) is 1. The summed E-state index contributed by atoms with van der Waals surface area (Å²) >= 11 is 0. The molecule has 1 heteroatoms. The molecule has 0 unspecified atom stereocenters. The van der Waals surface area contributed by atoms with E-state index in [2.05, 4.69) is 5.32 Å². The molecule has 1 aliphatic heterocycles. The number of allylic oxidation sites excluding steroid dienone is 4. The second-order valence-electron chi connectivity index (χ2n) is 1.12. The van der Waals surface area contributed by atoms with Gasteiger partial charge in [-0.05, 0) is 12.2 Å². The molecule has 0 aromatic rings. The van der Waals surface area contributed by atoms with E-state index in [0.29, 0.717) is 12.2 Å². The zero-order valence-electron chi connectivity index (χ0n) is 5.81. The summed E-state index contributed by atoms with van der Waals surface area (Å²) in [5.41, 5.74) is 0. The van der Waals surface area contributed by atoms with Crippen molar-refractivity contribution in [3.8, 4) is 0 Å². The summed E-state index contributed by atoms with van der Waals surface area (Å²) in [7, 11) is 0. The van der Waals surface area contributed by atoms with Crippen LogP contribution in [-0.2, 0) is 0 Å². The van der Waals surface area contributed by atoms with Crippen molar-refractivity contribution in [1.82, 2.24) is 5.32 Å². The highest BCUT2D eigenvalue weighted by Gasteiger charge is 1.67. The molecular formula is C6H7N. The number of rotatable bonds is 0. The Morgan fingerprint density at radius 3 is 3.29 bits per heavy atom.